The Morgan fingerprint density at radius 1 is 1.30 bits per heavy atom. The molecule has 0 unspecified atom stereocenters. The molecule has 1 aromatic carbocycles. The largest absolute Gasteiger partial charge is 0.504 e. The number of ether oxygens (including phenoxy) is 1. The van der Waals surface area contributed by atoms with Crippen molar-refractivity contribution in [1.29, 1.82) is 0 Å². The first kappa shape index (κ1) is 15.0. The number of aliphatic hydroxyl groups is 1. The number of phenols is 1. The van der Waals surface area contributed by atoms with E-state index in [4.69, 9.17) is 9.84 Å². The van der Waals surface area contributed by atoms with Crippen molar-refractivity contribution in [3.05, 3.63) is 44.6 Å². The highest BCUT2D eigenvalue weighted by Gasteiger charge is 2.33. The second-order valence-corrected chi connectivity index (χ2v) is 7.52. The van der Waals surface area contributed by atoms with Crippen molar-refractivity contribution < 1.29 is 14.9 Å². The molecular weight excluding hydrogens is 310 g/mol. The van der Waals surface area contributed by atoms with Crippen LogP contribution in [-0.2, 0) is 25.8 Å². The quantitative estimate of drug-likeness (QED) is 0.908. The van der Waals surface area contributed by atoms with E-state index in [-0.39, 0.29) is 12.4 Å². The Balaban J connectivity index is 1.69. The molecule has 23 heavy (non-hydrogen) atoms. The van der Waals surface area contributed by atoms with E-state index >= 15 is 0 Å². The van der Waals surface area contributed by atoms with Crippen molar-refractivity contribution >= 4 is 11.3 Å². The summed E-state index contributed by atoms with van der Waals surface area (Å²) in [5.41, 5.74) is 3.93. The first-order valence-corrected chi connectivity index (χ1v) is 8.86. The van der Waals surface area contributed by atoms with Crippen LogP contribution in [0.3, 0.4) is 0 Å². The van der Waals surface area contributed by atoms with E-state index in [1.165, 1.54) is 26.4 Å². The predicted molar refractivity (Wildman–Crippen MR) is 90.3 cm³/mol. The summed E-state index contributed by atoms with van der Waals surface area (Å²) < 4.78 is 5.25. The van der Waals surface area contributed by atoms with Crippen molar-refractivity contribution in [3.8, 4) is 11.5 Å². The third-order valence-electron chi connectivity index (χ3n) is 4.97. The van der Waals surface area contributed by atoms with E-state index in [1.807, 2.05) is 23.5 Å². The number of thiophene rings is 1. The lowest BCUT2D eigenvalue weighted by molar-refractivity contribution is 0.162. The fourth-order valence-electron chi connectivity index (χ4n) is 3.82. The summed E-state index contributed by atoms with van der Waals surface area (Å²) in [4.78, 5) is 5.21. The molecule has 0 saturated heterocycles. The highest BCUT2D eigenvalue weighted by Crippen LogP contribution is 2.43. The van der Waals surface area contributed by atoms with Crippen molar-refractivity contribution in [2.45, 2.75) is 31.8 Å². The monoisotopic (exact) mass is 331 g/mol. The van der Waals surface area contributed by atoms with Crippen LogP contribution >= 0.6 is 11.3 Å². The summed E-state index contributed by atoms with van der Waals surface area (Å²) in [6.45, 7) is 2.22. The molecule has 0 radical (unpaired) electrons. The fraction of sp³-hybridized carbons (Fsp3) is 0.444. The first-order valence-electron chi connectivity index (χ1n) is 8.04. The Morgan fingerprint density at radius 2 is 2.17 bits per heavy atom. The van der Waals surface area contributed by atoms with Crippen molar-refractivity contribution in [1.82, 2.24) is 4.90 Å². The number of aliphatic hydroxyl groups excluding tert-OH is 1. The van der Waals surface area contributed by atoms with Crippen LogP contribution in [0.15, 0.2) is 18.2 Å². The zero-order valence-corrected chi connectivity index (χ0v) is 14.0. The minimum absolute atomic E-state index is 0.211. The van der Waals surface area contributed by atoms with Crippen LogP contribution in [0.2, 0.25) is 0 Å². The Bertz CT molecular complexity index is 740. The Labute approximate surface area is 139 Å². The second kappa shape index (κ2) is 5.82. The van der Waals surface area contributed by atoms with Gasteiger partial charge in [-0.1, -0.05) is 0 Å². The highest BCUT2D eigenvalue weighted by molar-refractivity contribution is 7.12. The van der Waals surface area contributed by atoms with Gasteiger partial charge in [-0.3, -0.25) is 4.90 Å². The first-order chi connectivity index (χ1) is 11.2. The molecule has 2 aromatic rings. The van der Waals surface area contributed by atoms with E-state index < -0.39 is 0 Å². The topological polar surface area (TPSA) is 52.9 Å². The average Bonchev–Trinajstić information content (AvgIpc) is 2.94. The third kappa shape index (κ3) is 2.53. The molecule has 0 fully saturated rings. The minimum atomic E-state index is 0.211. The molecule has 1 aromatic heterocycles. The van der Waals surface area contributed by atoms with E-state index in [0.717, 1.165) is 32.4 Å². The van der Waals surface area contributed by atoms with Crippen LogP contribution in [0.5, 0.6) is 11.5 Å². The number of nitrogens with zero attached hydrogens (tertiary/aromatic N) is 1. The summed E-state index contributed by atoms with van der Waals surface area (Å²) in [7, 11) is 1.60. The summed E-state index contributed by atoms with van der Waals surface area (Å²) in [5.74, 6) is 0.793. The van der Waals surface area contributed by atoms with Crippen LogP contribution < -0.4 is 4.74 Å². The van der Waals surface area contributed by atoms with Crippen molar-refractivity contribution in [2.75, 3.05) is 20.3 Å². The molecule has 4 nitrogen and oxygen atoms in total. The Kier molecular flexibility index (Phi) is 3.79. The summed E-state index contributed by atoms with van der Waals surface area (Å²) in [6, 6.07) is 6.47. The normalized spacial score (nSPS) is 19.8. The van der Waals surface area contributed by atoms with Gasteiger partial charge in [0, 0.05) is 48.3 Å². The maximum absolute atomic E-state index is 10.2. The van der Waals surface area contributed by atoms with Gasteiger partial charge in [0.25, 0.3) is 0 Å². The molecule has 0 spiro atoms. The molecule has 2 N–H and O–H groups in total. The molecule has 4 rings (SSSR count). The minimum Gasteiger partial charge on any atom is -0.504 e. The molecule has 3 heterocycles. The van der Waals surface area contributed by atoms with Gasteiger partial charge in [0.2, 0.25) is 0 Å². The van der Waals surface area contributed by atoms with Crippen LogP contribution in [0.1, 0.15) is 32.5 Å². The van der Waals surface area contributed by atoms with E-state index in [2.05, 4.69) is 11.0 Å². The lowest BCUT2D eigenvalue weighted by Crippen LogP contribution is -2.38. The van der Waals surface area contributed by atoms with Gasteiger partial charge in [-0.05, 0) is 41.3 Å². The lowest BCUT2D eigenvalue weighted by Gasteiger charge is -2.40. The van der Waals surface area contributed by atoms with Crippen molar-refractivity contribution in [3.63, 3.8) is 0 Å². The van der Waals surface area contributed by atoms with Crippen LogP contribution in [0.25, 0.3) is 0 Å². The maximum atomic E-state index is 10.2. The average molecular weight is 331 g/mol. The number of rotatable bonds is 3. The molecule has 1 atom stereocenters. The number of aromatic hydroxyl groups is 1. The van der Waals surface area contributed by atoms with Crippen LogP contribution in [0.4, 0.5) is 0 Å². The third-order valence-corrected chi connectivity index (χ3v) is 6.23. The molecule has 0 bridgehead atoms. The van der Waals surface area contributed by atoms with Gasteiger partial charge in [-0.15, -0.1) is 11.3 Å². The SMILES string of the molecule is COc1cc2c(cc1O)[C@@H]1Cc3sc(CCO)cc3CN1CC2. The Morgan fingerprint density at radius 3 is 2.96 bits per heavy atom. The standard InChI is InChI=1S/C18H21NO3S/c1-22-17-7-11-2-4-19-10-12-6-13(3-5-20)23-18(12)9-15(19)14(11)8-16(17)21/h6-8,15,20-21H,2-5,9-10H2,1H3/t15-/m0/s1. The van der Waals surface area contributed by atoms with Gasteiger partial charge < -0.3 is 14.9 Å². The molecular formula is C18H21NO3S. The number of fused-ring (bicyclic) bond motifs is 4. The number of hydrogen-bond acceptors (Lipinski definition) is 5. The van der Waals surface area contributed by atoms with Gasteiger partial charge in [0.1, 0.15) is 0 Å². The number of hydrogen-bond donors (Lipinski definition) is 2. The Hall–Kier alpha value is -1.56. The molecule has 5 heteroatoms. The summed E-state index contributed by atoms with van der Waals surface area (Å²) in [6.07, 6.45) is 2.73. The van der Waals surface area contributed by atoms with Gasteiger partial charge in [0.15, 0.2) is 11.5 Å². The predicted octanol–water partition coefficient (Wildman–Crippen LogP) is 2.65. The zero-order valence-electron chi connectivity index (χ0n) is 13.2. The van der Waals surface area contributed by atoms with Gasteiger partial charge in [0.05, 0.1) is 7.11 Å². The maximum Gasteiger partial charge on any atom is 0.160 e. The number of phenolic OH excluding ortho intramolecular Hbond substituents is 1. The van der Waals surface area contributed by atoms with E-state index in [1.54, 1.807) is 7.11 Å². The van der Waals surface area contributed by atoms with Gasteiger partial charge in [-0.2, -0.15) is 0 Å². The lowest BCUT2D eigenvalue weighted by atomic mass is 9.86. The van der Waals surface area contributed by atoms with Gasteiger partial charge >= 0.3 is 0 Å². The smallest absolute Gasteiger partial charge is 0.160 e. The number of methoxy groups -OCH3 is 1. The molecule has 2 aliphatic rings. The molecule has 2 aliphatic heterocycles. The fourth-order valence-corrected chi connectivity index (χ4v) is 5.03. The summed E-state index contributed by atoms with van der Waals surface area (Å²) >= 11 is 1.83. The molecule has 0 aliphatic carbocycles. The van der Waals surface area contributed by atoms with Crippen LogP contribution in [0, 0.1) is 0 Å². The molecule has 0 amide bonds. The molecule has 0 saturated carbocycles. The van der Waals surface area contributed by atoms with E-state index in [0.29, 0.717) is 11.8 Å². The van der Waals surface area contributed by atoms with Crippen molar-refractivity contribution in [2.24, 2.45) is 0 Å². The number of benzene rings is 1. The second-order valence-electron chi connectivity index (χ2n) is 6.30. The van der Waals surface area contributed by atoms with Gasteiger partial charge in [-0.25, -0.2) is 0 Å². The zero-order chi connectivity index (χ0) is 16.0. The summed E-state index contributed by atoms with van der Waals surface area (Å²) in [5, 5.41) is 19.3. The van der Waals surface area contributed by atoms with Crippen LogP contribution in [-0.4, -0.2) is 35.4 Å². The van der Waals surface area contributed by atoms with E-state index in [9.17, 15) is 5.11 Å². The molecule has 122 valence electrons. The highest BCUT2D eigenvalue weighted by atomic mass is 32.1.